The van der Waals surface area contributed by atoms with Gasteiger partial charge in [0.1, 0.15) is 6.04 Å². The first-order valence-electron chi connectivity index (χ1n) is 10.4. The first kappa shape index (κ1) is 25.4. The Morgan fingerprint density at radius 2 is 1.50 bits per heavy atom. The van der Waals surface area contributed by atoms with Crippen molar-refractivity contribution in [1.29, 1.82) is 0 Å². The minimum atomic E-state index is -3.51. The maximum atomic E-state index is 12.8. The summed E-state index contributed by atoms with van der Waals surface area (Å²) in [6, 6.07) is 14.4. The van der Waals surface area contributed by atoms with E-state index in [4.69, 9.17) is 0 Å². The van der Waals surface area contributed by atoms with E-state index in [0.717, 1.165) is 15.4 Å². The summed E-state index contributed by atoms with van der Waals surface area (Å²) >= 11 is 0. The molecular weight excluding hydrogens is 428 g/mol. The van der Waals surface area contributed by atoms with E-state index in [2.05, 4.69) is 16.0 Å². The lowest BCUT2D eigenvalue weighted by Gasteiger charge is -2.24. The predicted octanol–water partition coefficient (Wildman–Crippen LogP) is 2.64. The van der Waals surface area contributed by atoms with Crippen molar-refractivity contribution in [1.82, 2.24) is 20.3 Å². The van der Waals surface area contributed by atoms with Gasteiger partial charge in [-0.15, -0.1) is 0 Å². The van der Waals surface area contributed by atoms with Crippen molar-refractivity contribution in [2.45, 2.75) is 44.3 Å². The molecule has 0 aromatic heterocycles. The highest BCUT2D eigenvalue weighted by atomic mass is 32.2. The zero-order chi connectivity index (χ0) is 23.9. The third-order valence-electron chi connectivity index (χ3n) is 5.05. The molecule has 0 spiro atoms. The molecule has 2 aromatic carbocycles. The first-order valence-corrected chi connectivity index (χ1v) is 11.9. The molecule has 3 N–H and O–H groups in total. The molecule has 2 atom stereocenters. The molecule has 2 unspecified atom stereocenters. The highest BCUT2D eigenvalue weighted by Crippen LogP contribution is 2.18. The van der Waals surface area contributed by atoms with Crippen LogP contribution in [0.4, 0.5) is 4.79 Å². The maximum absolute atomic E-state index is 12.8. The highest BCUT2D eigenvalue weighted by Gasteiger charge is 2.26. The molecule has 32 heavy (non-hydrogen) atoms. The average Bonchev–Trinajstić information content (AvgIpc) is 2.76. The monoisotopic (exact) mass is 460 g/mol. The van der Waals surface area contributed by atoms with E-state index in [1.807, 2.05) is 44.2 Å². The van der Waals surface area contributed by atoms with Crippen molar-refractivity contribution in [3.63, 3.8) is 0 Å². The molecule has 0 fully saturated rings. The Morgan fingerprint density at radius 3 is 2.03 bits per heavy atom. The number of sulfonamides is 1. The number of carbonyl (C=O) groups is 2. The molecule has 174 valence electrons. The van der Waals surface area contributed by atoms with Crippen LogP contribution < -0.4 is 16.0 Å². The smallest absolute Gasteiger partial charge is 0.315 e. The van der Waals surface area contributed by atoms with Crippen molar-refractivity contribution < 1.29 is 18.0 Å². The minimum Gasteiger partial charge on any atom is -0.348 e. The molecule has 0 heterocycles. The van der Waals surface area contributed by atoms with Crippen LogP contribution in [0.2, 0.25) is 0 Å². The van der Waals surface area contributed by atoms with Gasteiger partial charge < -0.3 is 16.0 Å². The summed E-state index contributed by atoms with van der Waals surface area (Å²) in [6.45, 7) is 5.87. The summed E-state index contributed by atoms with van der Waals surface area (Å²) in [7, 11) is -0.568. The van der Waals surface area contributed by atoms with E-state index < -0.39 is 22.1 Å². The van der Waals surface area contributed by atoms with E-state index in [-0.39, 0.29) is 22.8 Å². The van der Waals surface area contributed by atoms with Crippen LogP contribution in [-0.2, 0) is 21.4 Å². The Labute approximate surface area is 190 Å². The van der Waals surface area contributed by atoms with Gasteiger partial charge in [0.2, 0.25) is 15.9 Å². The summed E-state index contributed by atoms with van der Waals surface area (Å²) < 4.78 is 25.6. The van der Waals surface area contributed by atoms with Gasteiger partial charge in [-0.05, 0) is 36.1 Å². The zero-order valence-corrected chi connectivity index (χ0v) is 19.9. The molecule has 2 rings (SSSR count). The van der Waals surface area contributed by atoms with Gasteiger partial charge >= 0.3 is 6.03 Å². The van der Waals surface area contributed by atoms with Crippen LogP contribution in [0.1, 0.15) is 37.9 Å². The van der Waals surface area contributed by atoms with Crippen LogP contribution in [0.5, 0.6) is 0 Å². The van der Waals surface area contributed by atoms with Gasteiger partial charge in [0.15, 0.2) is 0 Å². The molecule has 8 nitrogen and oxygen atoms in total. The van der Waals surface area contributed by atoms with Gasteiger partial charge in [0.05, 0.1) is 10.9 Å². The van der Waals surface area contributed by atoms with Gasteiger partial charge in [0, 0.05) is 20.6 Å². The van der Waals surface area contributed by atoms with Gasteiger partial charge in [-0.1, -0.05) is 56.3 Å². The summed E-state index contributed by atoms with van der Waals surface area (Å²) in [6.07, 6.45) is 0. The van der Waals surface area contributed by atoms with Crippen LogP contribution in [0.25, 0.3) is 0 Å². The second kappa shape index (κ2) is 11.1. The van der Waals surface area contributed by atoms with Crippen molar-refractivity contribution in [2.24, 2.45) is 5.92 Å². The fourth-order valence-electron chi connectivity index (χ4n) is 3.03. The molecule has 0 saturated carbocycles. The number of amides is 3. The van der Waals surface area contributed by atoms with Crippen LogP contribution in [0, 0.1) is 5.92 Å². The molecule has 0 aliphatic carbocycles. The topological polar surface area (TPSA) is 108 Å². The Bertz CT molecular complexity index is 1010. The van der Waals surface area contributed by atoms with E-state index >= 15 is 0 Å². The highest BCUT2D eigenvalue weighted by molar-refractivity contribution is 7.89. The quantitative estimate of drug-likeness (QED) is 0.535. The lowest BCUT2D eigenvalue weighted by atomic mass is 10.0. The average molecular weight is 461 g/mol. The van der Waals surface area contributed by atoms with Crippen LogP contribution in [0.3, 0.4) is 0 Å². The fourth-order valence-corrected chi connectivity index (χ4v) is 3.93. The van der Waals surface area contributed by atoms with Gasteiger partial charge in [-0.2, -0.15) is 0 Å². The Balaban J connectivity index is 1.98. The van der Waals surface area contributed by atoms with Crippen molar-refractivity contribution in [3.05, 3.63) is 65.7 Å². The van der Waals surface area contributed by atoms with Crippen molar-refractivity contribution in [2.75, 3.05) is 14.1 Å². The molecule has 0 aliphatic heterocycles. The number of benzene rings is 2. The molecule has 3 amide bonds. The molecular formula is C23H32N4O4S. The van der Waals surface area contributed by atoms with Gasteiger partial charge in [0.25, 0.3) is 0 Å². The van der Waals surface area contributed by atoms with Crippen LogP contribution in [0.15, 0.2) is 59.5 Å². The maximum Gasteiger partial charge on any atom is 0.315 e. The summed E-state index contributed by atoms with van der Waals surface area (Å²) in [4.78, 5) is 25.3. The molecule has 0 aliphatic rings. The number of carbonyl (C=O) groups excluding carboxylic acids is 2. The lowest BCUT2D eigenvalue weighted by Crippen LogP contribution is -2.52. The molecule has 0 saturated heterocycles. The normalized spacial score (nSPS) is 13.5. The SMILES string of the molecule is CC(NC(=O)C(NC(=O)NCc1ccccc1)C(C)C)c1ccc(S(=O)(=O)N(C)C)cc1. The zero-order valence-electron chi connectivity index (χ0n) is 19.1. The number of hydrogen-bond donors (Lipinski definition) is 3. The fraction of sp³-hybridized carbons (Fsp3) is 0.391. The van der Waals surface area contributed by atoms with Gasteiger partial charge in [-0.25, -0.2) is 17.5 Å². The van der Waals surface area contributed by atoms with E-state index in [1.165, 1.54) is 26.2 Å². The van der Waals surface area contributed by atoms with Crippen molar-refractivity contribution >= 4 is 22.0 Å². The Kier molecular flexibility index (Phi) is 8.80. The van der Waals surface area contributed by atoms with E-state index in [9.17, 15) is 18.0 Å². The van der Waals surface area contributed by atoms with Crippen molar-refractivity contribution in [3.8, 4) is 0 Å². The number of hydrogen-bond acceptors (Lipinski definition) is 4. The Hall–Kier alpha value is -2.91. The largest absolute Gasteiger partial charge is 0.348 e. The van der Waals surface area contributed by atoms with E-state index in [0.29, 0.717) is 6.54 Å². The predicted molar refractivity (Wildman–Crippen MR) is 124 cm³/mol. The third-order valence-corrected chi connectivity index (χ3v) is 6.88. The molecule has 0 bridgehead atoms. The van der Waals surface area contributed by atoms with Crippen LogP contribution >= 0.6 is 0 Å². The summed E-state index contributed by atoms with van der Waals surface area (Å²) in [5, 5.41) is 8.40. The lowest BCUT2D eigenvalue weighted by molar-refractivity contribution is -0.124. The third kappa shape index (κ3) is 6.80. The molecule has 2 aromatic rings. The number of nitrogens with one attached hydrogen (secondary N) is 3. The molecule has 9 heteroatoms. The Morgan fingerprint density at radius 1 is 0.906 bits per heavy atom. The summed E-state index contributed by atoms with van der Waals surface area (Å²) in [5.41, 5.74) is 1.72. The standard InChI is InChI=1S/C23H32N4O4S/c1-16(2)21(26-23(29)24-15-18-9-7-6-8-10-18)22(28)25-17(3)19-11-13-20(14-12-19)32(30,31)27(4)5/h6-14,16-17,21H,15H2,1-5H3,(H,25,28)(H2,24,26,29). The minimum absolute atomic E-state index is 0.128. The van der Waals surface area contributed by atoms with E-state index in [1.54, 1.807) is 19.1 Å². The number of urea groups is 1. The van der Waals surface area contributed by atoms with Gasteiger partial charge in [-0.3, -0.25) is 4.79 Å². The van der Waals surface area contributed by atoms with Crippen LogP contribution in [-0.4, -0.2) is 44.8 Å². The second-order valence-corrected chi connectivity index (χ2v) is 10.3. The second-order valence-electron chi connectivity index (χ2n) is 8.12. The first-order chi connectivity index (χ1) is 15.0. The number of nitrogens with zero attached hydrogens (tertiary/aromatic N) is 1. The number of rotatable bonds is 9. The molecule has 0 radical (unpaired) electrons. The summed E-state index contributed by atoms with van der Waals surface area (Å²) in [5.74, 6) is -0.440.